The minimum Gasteiger partial charge on any atom is -0.478 e. The first-order valence-corrected chi connectivity index (χ1v) is 11.5. The average molecular weight is 533 g/mol. The molecule has 180 valence electrons. The number of benzene rings is 2. The first-order chi connectivity index (χ1) is 16.7. The molecular weight excluding hydrogens is 513 g/mol. The largest absolute Gasteiger partial charge is 0.478 e. The van der Waals surface area contributed by atoms with Gasteiger partial charge in [-0.1, -0.05) is 34.8 Å². The Bertz CT molecular complexity index is 1410. The molecule has 4 aromatic rings. The van der Waals surface area contributed by atoms with Crippen molar-refractivity contribution in [2.45, 2.75) is 13.5 Å². The number of rotatable bonds is 8. The van der Waals surface area contributed by atoms with Crippen LogP contribution in [0, 0.1) is 6.92 Å². The van der Waals surface area contributed by atoms with Gasteiger partial charge in [-0.25, -0.2) is 14.8 Å². The van der Waals surface area contributed by atoms with Gasteiger partial charge in [-0.3, -0.25) is 0 Å². The molecule has 2 heterocycles. The topological polar surface area (TPSA) is 112 Å². The summed E-state index contributed by atoms with van der Waals surface area (Å²) in [5.41, 5.74) is 1.57. The number of furan rings is 1. The van der Waals surface area contributed by atoms with Crippen molar-refractivity contribution in [1.82, 2.24) is 9.97 Å². The van der Waals surface area contributed by atoms with Gasteiger partial charge in [0.1, 0.15) is 23.0 Å². The molecule has 0 saturated carbocycles. The van der Waals surface area contributed by atoms with Crippen LogP contribution in [0.1, 0.15) is 21.9 Å². The van der Waals surface area contributed by atoms with Gasteiger partial charge in [0.25, 0.3) is 0 Å². The summed E-state index contributed by atoms with van der Waals surface area (Å²) in [5, 5.41) is 20.4. The average Bonchev–Trinajstić information content (AvgIpc) is 3.29. The molecule has 0 spiro atoms. The molecule has 0 saturated heterocycles. The predicted octanol–water partition coefficient (Wildman–Crippen LogP) is 7.10. The summed E-state index contributed by atoms with van der Waals surface area (Å²) in [6.07, 6.45) is 0. The van der Waals surface area contributed by atoms with E-state index in [2.05, 4.69) is 25.9 Å². The molecule has 0 fully saturated rings. The normalized spacial score (nSPS) is 10.8. The van der Waals surface area contributed by atoms with Crippen LogP contribution in [0.2, 0.25) is 15.1 Å². The number of carboxylic acid groups (broad SMARTS) is 1. The molecule has 11 heteroatoms. The van der Waals surface area contributed by atoms with Crippen molar-refractivity contribution in [3.05, 3.63) is 80.7 Å². The summed E-state index contributed by atoms with van der Waals surface area (Å²) in [6, 6.07) is 13.3. The maximum Gasteiger partial charge on any atom is 0.337 e. The Morgan fingerprint density at radius 1 is 1.00 bits per heavy atom. The molecule has 0 bridgehead atoms. The summed E-state index contributed by atoms with van der Waals surface area (Å²) in [7, 11) is 1.73. The van der Waals surface area contributed by atoms with E-state index in [-0.39, 0.29) is 5.56 Å². The molecule has 8 nitrogen and oxygen atoms in total. The highest BCUT2D eigenvalue weighted by Gasteiger charge is 2.18. The van der Waals surface area contributed by atoms with Crippen LogP contribution < -0.4 is 16.0 Å². The van der Waals surface area contributed by atoms with Crippen LogP contribution in [-0.2, 0) is 6.54 Å². The number of carbonyl (C=O) groups is 1. The SMILES string of the molecule is CNc1nc(C)nc(Nc2ccc(Cl)cc2C(=O)O)c1NCc1ccc(-c2cc(Cl)ccc2Cl)o1. The van der Waals surface area contributed by atoms with Crippen LogP contribution in [0.5, 0.6) is 0 Å². The second-order valence-electron chi connectivity index (χ2n) is 7.46. The van der Waals surface area contributed by atoms with Crippen LogP contribution >= 0.6 is 34.8 Å². The quantitative estimate of drug-likeness (QED) is 0.190. The van der Waals surface area contributed by atoms with Crippen LogP contribution in [0.3, 0.4) is 0 Å². The van der Waals surface area contributed by atoms with Gasteiger partial charge >= 0.3 is 5.97 Å². The van der Waals surface area contributed by atoms with E-state index >= 15 is 0 Å². The highest BCUT2D eigenvalue weighted by atomic mass is 35.5. The third kappa shape index (κ3) is 5.62. The van der Waals surface area contributed by atoms with Gasteiger partial charge < -0.3 is 25.5 Å². The zero-order chi connectivity index (χ0) is 25.1. The number of aryl methyl sites for hydroxylation is 1. The van der Waals surface area contributed by atoms with E-state index in [1.165, 1.54) is 6.07 Å². The molecule has 0 amide bonds. The molecule has 0 radical (unpaired) electrons. The molecule has 0 atom stereocenters. The number of hydrogen-bond donors (Lipinski definition) is 4. The lowest BCUT2D eigenvalue weighted by Crippen LogP contribution is -2.11. The molecule has 0 unspecified atom stereocenters. The van der Waals surface area contributed by atoms with Crippen molar-refractivity contribution >= 4 is 63.8 Å². The Balaban J connectivity index is 1.63. The van der Waals surface area contributed by atoms with Crippen molar-refractivity contribution in [2.24, 2.45) is 0 Å². The fraction of sp³-hybridized carbons (Fsp3) is 0.125. The minimum absolute atomic E-state index is 0.0137. The molecule has 2 aromatic carbocycles. The van der Waals surface area contributed by atoms with Gasteiger partial charge in [0, 0.05) is 22.7 Å². The van der Waals surface area contributed by atoms with Crippen LogP contribution in [0.4, 0.5) is 23.0 Å². The third-order valence-corrected chi connectivity index (χ3v) is 5.82. The number of nitrogens with zero attached hydrogens (tertiary/aromatic N) is 2. The number of carboxylic acids is 1. The fourth-order valence-electron chi connectivity index (χ4n) is 3.42. The Labute approximate surface area is 216 Å². The number of halogens is 3. The molecule has 0 aliphatic heterocycles. The van der Waals surface area contributed by atoms with Gasteiger partial charge in [-0.05, 0) is 55.5 Å². The third-order valence-electron chi connectivity index (χ3n) is 5.02. The van der Waals surface area contributed by atoms with E-state index in [4.69, 9.17) is 39.2 Å². The summed E-state index contributed by atoms with van der Waals surface area (Å²) >= 11 is 18.4. The maximum atomic E-state index is 11.7. The molecule has 4 rings (SSSR count). The highest BCUT2D eigenvalue weighted by Crippen LogP contribution is 2.34. The van der Waals surface area contributed by atoms with Crippen molar-refractivity contribution in [3.8, 4) is 11.3 Å². The lowest BCUT2D eigenvalue weighted by atomic mass is 10.1. The van der Waals surface area contributed by atoms with Crippen molar-refractivity contribution < 1.29 is 14.3 Å². The van der Waals surface area contributed by atoms with E-state index < -0.39 is 5.97 Å². The number of hydrogen-bond acceptors (Lipinski definition) is 7. The number of nitrogens with one attached hydrogen (secondary N) is 3. The Hall–Kier alpha value is -3.46. The lowest BCUT2D eigenvalue weighted by molar-refractivity contribution is 0.0698. The molecule has 0 aliphatic rings. The van der Waals surface area contributed by atoms with Crippen molar-refractivity contribution in [1.29, 1.82) is 0 Å². The van der Waals surface area contributed by atoms with Crippen molar-refractivity contribution in [2.75, 3.05) is 23.0 Å². The van der Waals surface area contributed by atoms with Gasteiger partial charge in [-0.2, -0.15) is 0 Å². The first-order valence-electron chi connectivity index (χ1n) is 10.4. The fourth-order valence-corrected chi connectivity index (χ4v) is 3.98. The molecule has 35 heavy (non-hydrogen) atoms. The van der Waals surface area contributed by atoms with Crippen LogP contribution in [0.25, 0.3) is 11.3 Å². The lowest BCUT2D eigenvalue weighted by Gasteiger charge is -2.17. The highest BCUT2D eigenvalue weighted by molar-refractivity contribution is 6.35. The summed E-state index contributed by atoms with van der Waals surface area (Å²) in [4.78, 5) is 20.6. The van der Waals surface area contributed by atoms with Gasteiger partial charge in [0.2, 0.25) is 0 Å². The standard InChI is InChI=1S/C24H20Cl3N5O3/c1-12-30-22(28-2)21(23(31-12)32-19-7-4-14(26)10-17(19)24(33)34)29-11-15-5-8-20(35-15)16-9-13(25)3-6-18(16)27/h3-10,29H,11H2,1-2H3,(H,33,34)(H2,28,30,31,32). The smallest absolute Gasteiger partial charge is 0.337 e. The predicted molar refractivity (Wildman–Crippen MR) is 140 cm³/mol. The Kier molecular flexibility index (Phi) is 7.35. The van der Waals surface area contributed by atoms with Crippen LogP contribution in [-0.4, -0.2) is 28.1 Å². The van der Waals surface area contributed by atoms with E-state index in [0.717, 1.165) is 0 Å². The van der Waals surface area contributed by atoms with Crippen molar-refractivity contribution in [3.63, 3.8) is 0 Å². The minimum atomic E-state index is -1.12. The summed E-state index contributed by atoms with van der Waals surface area (Å²) in [5.74, 6) is 1.49. The van der Waals surface area contributed by atoms with Gasteiger partial charge in [0.15, 0.2) is 11.6 Å². The van der Waals surface area contributed by atoms with E-state index in [1.54, 1.807) is 44.3 Å². The Morgan fingerprint density at radius 2 is 1.71 bits per heavy atom. The number of aromatic nitrogens is 2. The number of anilines is 4. The van der Waals surface area contributed by atoms with E-state index in [9.17, 15) is 9.90 Å². The zero-order valence-electron chi connectivity index (χ0n) is 18.6. The molecule has 0 aliphatic carbocycles. The van der Waals surface area contributed by atoms with Crippen LogP contribution in [0.15, 0.2) is 52.9 Å². The van der Waals surface area contributed by atoms with Gasteiger partial charge in [0.05, 0.1) is 22.8 Å². The van der Waals surface area contributed by atoms with E-state index in [0.29, 0.717) is 67.5 Å². The second-order valence-corrected chi connectivity index (χ2v) is 8.74. The molecule has 2 aromatic heterocycles. The Morgan fingerprint density at radius 3 is 2.46 bits per heavy atom. The number of aromatic carboxylic acids is 1. The summed E-state index contributed by atoms with van der Waals surface area (Å²) in [6.45, 7) is 2.03. The second kappa shape index (κ2) is 10.4. The molecule has 4 N–H and O–H groups in total. The monoisotopic (exact) mass is 531 g/mol. The molecular formula is C24H20Cl3N5O3. The first kappa shape index (κ1) is 24.7. The maximum absolute atomic E-state index is 11.7. The van der Waals surface area contributed by atoms with E-state index in [1.807, 2.05) is 12.1 Å². The zero-order valence-corrected chi connectivity index (χ0v) is 20.9. The van der Waals surface area contributed by atoms with Gasteiger partial charge in [-0.15, -0.1) is 0 Å². The summed E-state index contributed by atoms with van der Waals surface area (Å²) < 4.78 is 5.97.